The molecule has 1 aliphatic heterocycles. The number of aryl methyl sites for hydroxylation is 1. The number of nitrogens with one attached hydrogen (secondary N) is 1. The molecule has 10 heteroatoms. The summed E-state index contributed by atoms with van der Waals surface area (Å²) in [5.74, 6) is 0.0471. The van der Waals surface area contributed by atoms with Crippen LogP contribution in [0, 0.1) is 6.92 Å². The Morgan fingerprint density at radius 1 is 1.09 bits per heavy atom. The summed E-state index contributed by atoms with van der Waals surface area (Å²) in [4.78, 5) is 27.0. The van der Waals surface area contributed by atoms with E-state index in [2.05, 4.69) is 5.32 Å². The van der Waals surface area contributed by atoms with Gasteiger partial charge in [0.15, 0.2) is 11.5 Å². The summed E-state index contributed by atoms with van der Waals surface area (Å²) in [6, 6.07) is 11.4. The van der Waals surface area contributed by atoms with Crippen LogP contribution in [-0.4, -0.2) is 57.8 Å². The van der Waals surface area contributed by atoms with E-state index in [9.17, 15) is 18.0 Å². The van der Waals surface area contributed by atoms with E-state index in [-0.39, 0.29) is 24.9 Å². The summed E-state index contributed by atoms with van der Waals surface area (Å²) in [6.45, 7) is 3.30. The maximum atomic E-state index is 13.3. The second-order valence-electron chi connectivity index (χ2n) is 7.60. The number of sulfonamides is 1. The Labute approximate surface area is 188 Å². The molecule has 0 aliphatic carbocycles. The second kappa shape index (κ2) is 9.47. The number of amides is 2. The molecule has 1 aliphatic rings. The molecule has 0 spiro atoms. The zero-order chi connectivity index (χ0) is 23.5. The van der Waals surface area contributed by atoms with Crippen molar-refractivity contribution in [1.82, 2.24) is 10.2 Å². The highest BCUT2D eigenvalue weighted by Gasteiger charge is 2.30. The minimum atomic E-state index is -3.81. The van der Waals surface area contributed by atoms with Crippen molar-refractivity contribution in [2.45, 2.75) is 26.4 Å². The number of carbonyl (C=O) groups is 2. The third-order valence-electron chi connectivity index (χ3n) is 5.21. The van der Waals surface area contributed by atoms with Crippen molar-refractivity contribution in [3.63, 3.8) is 0 Å². The van der Waals surface area contributed by atoms with Gasteiger partial charge in [0.05, 0.1) is 11.9 Å². The number of benzene rings is 2. The molecule has 1 atom stereocenters. The third kappa shape index (κ3) is 5.31. The fourth-order valence-corrected chi connectivity index (χ4v) is 4.18. The lowest BCUT2D eigenvalue weighted by atomic mass is 10.1. The van der Waals surface area contributed by atoms with Crippen molar-refractivity contribution in [2.75, 3.05) is 30.9 Å². The number of hydrogen-bond acceptors (Lipinski definition) is 6. The van der Waals surface area contributed by atoms with Crippen LogP contribution >= 0.6 is 0 Å². The van der Waals surface area contributed by atoms with Gasteiger partial charge in [0, 0.05) is 19.7 Å². The Kier molecular flexibility index (Phi) is 6.93. The molecule has 0 saturated carbocycles. The first-order valence-electron chi connectivity index (χ1n) is 10.0. The monoisotopic (exact) mass is 461 g/mol. The van der Waals surface area contributed by atoms with Crippen molar-refractivity contribution in [3.8, 4) is 11.5 Å². The highest BCUT2D eigenvalue weighted by molar-refractivity contribution is 7.92. The van der Waals surface area contributed by atoms with Gasteiger partial charge in [-0.2, -0.15) is 0 Å². The first-order valence-corrected chi connectivity index (χ1v) is 11.9. The largest absolute Gasteiger partial charge is 0.454 e. The molecule has 1 heterocycles. The zero-order valence-corrected chi connectivity index (χ0v) is 19.3. The van der Waals surface area contributed by atoms with Crippen molar-refractivity contribution in [2.24, 2.45) is 0 Å². The van der Waals surface area contributed by atoms with Crippen molar-refractivity contribution in [1.29, 1.82) is 0 Å². The topological polar surface area (TPSA) is 105 Å². The van der Waals surface area contributed by atoms with Crippen LogP contribution in [0.15, 0.2) is 42.5 Å². The van der Waals surface area contributed by atoms with Crippen LogP contribution in [0.3, 0.4) is 0 Å². The van der Waals surface area contributed by atoms with Gasteiger partial charge < -0.3 is 19.7 Å². The number of carbonyl (C=O) groups excluding carboxylic acids is 2. The lowest BCUT2D eigenvalue weighted by Crippen LogP contribution is -2.50. The lowest BCUT2D eigenvalue weighted by Gasteiger charge is -2.31. The molecule has 0 fully saturated rings. The zero-order valence-electron chi connectivity index (χ0n) is 18.5. The summed E-state index contributed by atoms with van der Waals surface area (Å²) < 4.78 is 36.7. The highest BCUT2D eigenvalue weighted by atomic mass is 32.2. The molecule has 0 radical (unpaired) electrons. The van der Waals surface area contributed by atoms with Gasteiger partial charge in [-0.1, -0.05) is 29.8 Å². The SMILES string of the molecule is CNC(=O)[C@@H](C)N(Cc1ccc(C)cc1)C(=O)CN(c1ccc2c(c1)OCO2)S(C)(=O)=O. The molecule has 172 valence electrons. The fourth-order valence-electron chi connectivity index (χ4n) is 3.34. The van der Waals surface area contributed by atoms with E-state index in [1.165, 1.54) is 18.0 Å². The van der Waals surface area contributed by atoms with E-state index >= 15 is 0 Å². The first-order chi connectivity index (χ1) is 15.1. The molecule has 2 amide bonds. The first kappa shape index (κ1) is 23.4. The number of rotatable bonds is 8. The van der Waals surface area contributed by atoms with Crippen LogP contribution in [0.5, 0.6) is 11.5 Å². The lowest BCUT2D eigenvalue weighted by molar-refractivity contribution is -0.139. The van der Waals surface area contributed by atoms with Gasteiger partial charge >= 0.3 is 0 Å². The molecule has 0 unspecified atom stereocenters. The van der Waals surface area contributed by atoms with E-state index in [1.807, 2.05) is 31.2 Å². The standard InChI is InChI=1S/C22H27N3O6S/c1-15-5-7-17(8-6-15)12-24(16(2)22(27)23-3)21(26)13-25(32(4,28)29)18-9-10-19-20(11-18)31-14-30-19/h5-11,16H,12-14H2,1-4H3,(H,23,27)/t16-/m1/s1. The van der Waals surface area contributed by atoms with Crippen LogP contribution in [0.25, 0.3) is 0 Å². The Bertz CT molecular complexity index is 1100. The van der Waals surface area contributed by atoms with E-state index in [1.54, 1.807) is 19.1 Å². The summed E-state index contributed by atoms with van der Waals surface area (Å²) in [7, 11) is -2.32. The quantitative estimate of drug-likeness (QED) is 0.641. The number of nitrogens with zero attached hydrogens (tertiary/aromatic N) is 2. The third-order valence-corrected chi connectivity index (χ3v) is 6.35. The van der Waals surface area contributed by atoms with Gasteiger partial charge in [-0.25, -0.2) is 8.42 Å². The Balaban J connectivity index is 1.90. The maximum absolute atomic E-state index is 13.3. The summed E-state index contributed by atoms with van der Waals surface area (Å²) in [5, 5.41) is 2.54. The van der Waals surface area contributed by atoms with Crippen molar-refractivity contribution < 1.29 is 27.5 Å². The predicted molar refractivity (Wildman–Crippen MR) is 120 cm³/mol. The van der Waals surface area contributed by atoms with E-state index in [0.29, 0.717) is 11.5 Å². The van der Waals surface area contributed by atoms with Crippen LogP contribution in [0.4, 0.5) is 5.69 Å². The molecule has 3 rings (SSSR count). The van der Waals surface area contributed by atoms with Crippen LogP contribution in [-0.2, 0) is 26.2 Å². The van der Waals surface area contributed by atoms with Crippen LogP contribution in [0.2, 0.25) is 0 Å². The Morgan fingerprint density at radius 3 is 2.38 bits per heavy atom. The van der Waals surface area contributed by atoms with Crippen molar-refractivity contribution >= 4 is 27.5 Å². The molecule has 0 saturated heterocycles. The Morgan fingerprint density at radius 2 is 1.75 bits per heavy atom. The van der Waals surface area contributed by atoms with Gasteiger partial charge in [-0.05, 0) is 31.5 Å². The van der Waals surface area contributed by atoms with Gasteiger partial charge in [0.2, 0.25) is 28.6 Å². The van der Waals surface area contributed by atoms with Crippen molar-refractivity contribution in [3.05, 3.63) is 53.6 Å². The van der Waals surface area contributed by atoms with E-state index < -0.39 is 28.5 Å². The van der Waals surface area contributed by atoms with Gasteiger partial charge in [0.25, 0.3) is 0 Å². The van der Waals surface area contributed by atoms with Gasteiger partial charge in [0.1, 0.15) is 12.6 Å². The summed E-state index contributed by atoms with van der Waals surface area (Å²) in [5.41, 5.74) is 2.17. The normalized spacial score (nSPS) is 13.4. The fraction of sp³-hybridized carbons (Fsp3) is 0.364. The molecule has 1 N–H and O–H groups in total. The van der Waals surface area contributed by atoms with Crippen LogP contribution < -0.4 is 19.1 Å². The summed E-state index contributed by atoms with van der Waals surface area (Å²) in [6.07, 6.45) is 1.03. The smallest absolute Gasteiger partial charge is 0.244 e. The number of hydrogen-bond donors (Lipinski definition) is 1. The number of likely N-dealkylation sites (N-methyl/N-ethyl adjacent to an activating group) is 1. The molecule has 2 aromatic rings. The predicted octanol–water partition coefficient (Wildman–Crippen LogP) is 1.65. The molecule has 2 aromatic carbocycles. The minimum absolute atomic E-state index is 0.0462. The van der Waals surface area contributed by atoms with Gasteiger partial charge in [-0.15, -0.1) is 0 Å². The summed E-state index contributed by atoms with van der Waals surface area (Å²) >= 11 is 0. The maximum Gasteiger partial charge on any atom is 0.244 e. The number of fused-ring (bicyclic) bond motifs is 1. The molecular formula is C22H27N3O6S. The molecule has 0 bridgehead atoms. The average Bonchev–Trinajstić information content (AvgIpc) is 3.23. The number of anilines is 1. The minimum Gasteiger partial charge on any atom is -0.454 e. The molecular weight excluding hydrogens is 434 g/mol. The number of ether oxygens (including phenoxy) is 2. The average molecular weight is 462 g/mol. The molecule has 32 heavy (non-hydrogen) atoms. The van der Waals surface area contributed by atoms with Crippen LogP contribution in [0.1, 0.15) is 18.1 Å². The molecule has 9 nitrogen and oxygen atoms in total. The van der Waals surface area contributed by atoms with E-state index in [4.69, 9.17) is 9.47 Å². The molecule has 0 aromatic heterocycles. The van der Waals surface area contributed by atoms with Gasteiger partial charge in [-0.3, -0.25) is 13.9 Å². The highest BCUT2D eigenvalue weighted by Crippen LogP contribution is 2.36. The van der Waals surface area contributed by atoms with E-state index in [0.717, 1.165) is 21.7 Å². The second-order valence-corrected chi connectivity index (χ2v) is 9.51. The Hall–Kier alpha value is -3.27.